The Morgan fingerprint density at radius 2 is 2.04 bits per heavy atom. The number of aromatic amines is 1. The van der Waals surface area contributed by atoms with E-state index in [1.165, 1.54) is 0 Å². The van der Waals surface area contributed by atoms with Gasteiger partial charge in [-0.15, -0.1) is 0 Å². The second kappa shape index (κ2) is 7.16. The van der Waals surface area contributed by atoms with Gasteiger partial charge in [-0.05, 0) is 36.2 Å². The maximum Gasteiger partial charge on any atom is 0.253 e. The second-order valence-corrected chi connectivity index (χ2v) is 6.20. The van der Waals surface area contributed by atoms with Crippen molar-refractivity contribution in [1.82, 2.24) is 10.3 Å². The summed E-state index contributed by atoms with van der Waals surface area (Å²) in [4.78, 5) is 15.5. The van der Waals surface area contributed by atoms with Gasteiger partial charge in [0.15, 0.2) is 0 Å². The van der Waals surface area contributed by atoms with Crippen LogP contribution in [0.15, 0.2) is 42.6 Å². The molecule has 0 spiro atoms. The van der Waals surface area contributed by atoms with Gasteiger partial charge in [-0.25, -0.2) is 0 Å². The second-order valence-electron chi connectivity index (χ2n) is 5.36. The number of hydrogen-bond acceptors (Lipinski definition) is 2. The van der Waals surface area contributed by atoms with Crippen molar-refractivity contribution in [3.63, 3.8) is 0 Å². The Morgan fingerprint density at radius 1 is 1.21 bits per heavy atom. The molecule has 2 aromatic carbocycles. The van der Waals surface area contributed by atoms with Crippen molar-refractivity contribution < 1.29 is 9.53 Å². The fourth-order valence-corrected chi connectivity index (χ4v) is 3.05. The first-order chi connectivity index (χ1) is 11.6. The molecular weight excluding hydrogens is 347 g/mol. The molecule has 0 radical (unpaired) electrons. The Hall–Kier alpha value is -2.17. The van der Waals surface area contributed by atoms with E-state index in [0.717, 1.165) is 22.2 Å². The molecule has 1 amide bonds. The molecule has 4 nitrogen and oxygen atoms in total. The van der Waals surface area contributed by atoms with Crippen LogP contribution in [-0.4, -0.2) is 24.5 Å². The molecule has 6 heteroatoms. The third-order valence-electron chi connectivity index (χ3n) is 3.83. The molecule has 1 aromatic heterocycles. The smallest absolute Gasteiger partial charge is 0.253 e. The van der Waals surface area contributed by atoms with E-state index in [1.54, 1.807) is 25.4 Å². The molecule has 0 aliphatic heterocycles. The van der Waals surface area contributed by atoms with Gasteiger partial charge in [0.2, 0.25) is 0 Å². The maximum absolute atomic E-state index is 12.4. The molecule has 0 bridgehead atoms. The predicted octanol–water partition coefficient (Wildman–Crippen LogP) is 4.46. The Labute approximate surface area is 149 Å². The van der Waals surface area contributed by atoms with E-state index in [0.29, 0.717) is 28.6 Å². The highest BCUT2D eigenvalue weighted by Crippen LogP contribution is 2.23. The maximum atomic E-state index is 12.4. The summed E-state index contributed by atoms with van der Waals surface area (Å²) in [5, 5.41) is 4.98. The molecule has 0 aliphatic carbocycles. The molecule has 0 saturated carbocycles. The lowest BCUT2D eigenvalue weighted by molar-refractivity contribution is 0.0956. The molecule has 124 valence electrons. The third-order valence-corrected chi connectivity index (χ3v) is 4.42. The Bertz CT molecular complexity index is 890. The van der Waals surface area contributed by atoms with Gasteiger partial charge in [-0.2, -0.15) is 0 Å². The summed E-state index contributed by atoms with van der Waals surface area (Å²) in [6.45, 7) is 0.489. The summed E-state index contributed by atoms with van der Waals surface area (Å²) in [6, 6.07) is 10.9. The molecule has 0 unspecified atom stereocenters. The van der Waals surface area contributed by atoms with Crippen LogP contribution in [0.3, 0.4) is 0 Å². The van der Waals surface area contributed by atoms with Gasteiger partial charge in [0.1, 0.15) is 5.75 Å². The largest absolute Gasteiger partial charge is 0.497 e. The zero-order valence-electron chi connectivity index (χ0n) is 13.0. The van der Waals surface area contributed by atoms with E-state index in [9.17, 15) is 4.79 Å². The number of methoxy groups -OCH3 is 1. The SMILES string of the molecule is COc1ccc2c(C(=O)NCCc3ccc(Cl)cc3Cl)c[nH]c2c1. The van der Waals surface area contributed by atoms with E-state index in [2.05, 4.69) is 10.3 Å². The number of carbonyl (C=O) groups excluding carboxylic acids is 1. The van der Waals surface area contributed by atoms with E-state index < -0.39 is 0 Å². The van der Waals surface area contributed by atoms with Crippen LogP contribution in [0.1, 0.15) is 15.9 Å². The number of aromatic nitrogens is 1. The number of ether oxygens (including phenoxy) is 1. The molecule has 3 aromatic rings. The molecule has 3 rings (SSSR count). The molecule has 24 heavy (non-hydrogen) atoms. The van der Waals surface area contributed by atoms with Crippen LogP contribution in [-0.2, 0) is 6.42 Å². The topological polar surface area (TPSA) is 54.1 Å². The van der Waals surface area contributed by atoms with Gasteiger partial charge in [-0.3, -0.25) is 4.79 Å². The fraction of sp³-hybridized carbons (Fsp3) is 0.167. The molecule has 1 heterocycles. The van der Waals surface area contributed by atoms with Crippen LogP contribution in [0.2, 0.25) is 10.0 Å². The van der Waals surface area contributed by atoms with Crippen LogP contribution in [0.25, 0.3) is 10.9 Å². The monoisotopic (exact) mass is 362 g/mol. The number of benzene rings is 2. The van der Waals surface area contributed by atoms with E-state index in [1.807, 2.05) is 24.3 Å². The highest BCUT2D eigenvalue weighted by molar-refractivity contribution is 6.35. The van der Waals surface area contributed by atoms with E-state index >= 15 is 0 Å². The first-order valence-electron chi connectivity index (χ1n) is 7.45. The highest BCUT2D eigenvalue weighted by atomic mass is 35.5. The first kappa shape index (κ1) is 16.7. The van der Waals surface area contributed by atoms with Gasteiger partial charge in [0.05, 0.1) is 12.7 Å². The zero-order chi connectivity index (χ0) is 17.1. The summed E-state index contributed by atoms with van der Waals surface area (Å²) in [5.41, 5.74) is 2.42. The zero-order valence-corrected chi connectivity index (χ0v) is 14.5. The van der Waals surface area contributed by atoms with Crippen molar-refractivity contribution in [1.29, 1.82) is 0 Å². The molecular formula is C18H16Cl2N2O2. The van der Waals surface area contributed by atoms with E-state index in [4.69, 9.17) is 27.9 Å². The Balaban J connectivity index is 1.67. The standard InChI is InChI=1S/C18H16Cl2N2O2/c1-24-13-4-5-14-15(10-22-17(14)9-13)18(23)21-7-6-11-2-3-12(19)8-16(11)20/h2-5,8-10,22H,6-7H2,1H3,(H,21,23). The van der Waals surface area contributed by atoms with Crippen molar-refractivity contribution in [3.8, 4) is 5.75 Å². The van der Waals surface area contributed by atoms with E-state index in [-0.39, 0.29) is 5.91 Å². The normalized spacial score (nSPS) is 10.8. The third kappa shape index (κ3) is 3.50. The lowest BCUT2D eigenvalue weighted by Gasteiger charge is -2.07. The van der Waals surface area contributed by atoms with Crippen molar-refractivity contribution in [2.24, 2.45) is 0 Å². The van der Waals surface area contributed by atoms with Gasteiger partial charge < -0.3 is 15.0 Å². The lowest BCUT2D eigenvalue weighted by atomic mass is 10.1. The van der Waals surface area contributed by atoms with Crippen LogP contribution in [0, 0.1) is 0 Å². The minimum Gasteiger partial charge on any atom is -0.497 e. The number of amides is 1. The number of H-pyrrole nitrogens is 1. The minimum absolute atomic E-state index is 0.128. The van der Waals surface area contributed by atoms with Gasteiger partial charge in [0, 0.05) is 39.8 Å². The van der Waals surface area contributed by atoms with Gasteiger partial charge in [0.25, 0.3) is 5.91 Å². The van der Waals surface area contributed by atoms with Gasteiger partial charge >= 0.3 is 0 Å². The number of hydrogen-bond donors (Lipinski definition) is 2. The fourth-order valence-electron chi connectivity index (χ4n) is 2.55. The minimum atomic E-state index is -0.128. The molecule has 0 aliphatic rings. The Kier molecular flexibility index (Phi) is 4.97. The first-order valence-corrected chi connectivity index (χ1v) is 8.21. The molecule has 0 saturated heterocycles. The quantitative estimate of drug-likeness (QED) is 0.703. The van der Waals surface area contributed by atoms with Crippen LogP contribution in [0.4, 0.5) is 0 Å². The van der Waals surface area contributed by atoms with Crippen LogP contribution < -0.4 is 10.1 Å². The summed E-state index contributed by atoms with van der Waals surface area (Å²) in [6.07, 6.45) is 2.34. The number of fused-ring (bicyclic) bond motifs is 1. The summed E-state index contributed by atoms with van der Waals surface area (Å²) in [7, 11) is 1.61. The highest BCUT2D eigenvalue weighted by Gasteiger charge is 2.12. The summed E-state index contributed by atoms with van der Waals surface area (Å²) < 4.78 is 5.18. The predicted molar refractivity (Wildman–Crippen MR) is 97.3 cm³/mol. The average molecular weight is 363 g/mol. The Morgan fingerprint density at radius 3 is 2.79 bits per heavy atom. The van der Waals surface area contributed by atoms with Crippen molar-refractivity contribution >= 4 is 40.0 Å². The summed E-state index contributed by atoms with van der Waals surface area (Å²) >= 11 is 12.0. The molecule has 2 N–H and O–H groups in total. The van der Waals surface area contributed by atoms with Crippen molar-refractivity contribution in [2.45, 2.75) is 6.42 Å². The molecule has 0 atom stereocenters. The summed E-state index contributed by atoms with van der Waals surface area (Å²) in [5.74, 6) is 0.616. The molecule has 0 fully saturated rings. The lowest BCUT2D eigenvalue weighted by Crippen LogP contribution is -2.25. The van der Waals surface area contributed by atoms with Crippen LogP contribution >= 0.6 is 23.2 Å². The number of rotatable bonds is 5. The van der Waals surface area contributed by atoms with Crippen molar-refractivity contribution in [2.75, 3.05) is 13.7 Å². The van der Waals surface area contributed by atoms with Crippen molar-refractivity contribution in [3.05, 3.63) is 63.8 Å². The van der Waals surface area contributed by atoms with Crippen LogP contribution in [0.5, 0.6) is 5.75 Å². The number of halogens is 2. The van der Waals surface area contributed by atoms with Gasteiger partial charge in [-0.1, -0.05) is 29.3 Å². The average Bonchev–Trinajstić information content (AvgIpc) is 2.99. The number of nitrogens with one attached hydrogen (secondary N) is 2. The number of carbonyl (C=O) groups is 1.